The SMILES string of the molecule is CCOC[C@H](C)NC(=NC(CC)CC(=NC)c1ccc(F)cc1)NC(=O)c1ccc(F)cc1. The maximum Gasteiger partial charge on any atom is 0.257 e. The summed E-state index contributed by atoms with van der Waals surface area (Å²) in [6.07, 6.45) is 1.20. The van der Waals surface area contributed by atoms with E-state index in [1.165, 1.54) is 36.4 Å². The predicted molar refractivity (Wildman–Crippen MR) is 128 cm³/mol. The van der Waals surface area contributed by atoms with Gasteiger partial charge in [-0.1, -0.05) is 19.1 Å². The van der Waals surface area contributed by atoms with Crippen LogP contribution in [0, 0.1) is 11.6 Å². The minimum absolute atomic E-state index is 0.105. The van der Waals surface area contributed by atoms with Gasteiger partial charge in [0.15, 0.2) is 5.96 Å². The molecular weight excluding hydrogens is 426 g/mol. The number of amides is 1. The molecular formula is C25H32F2N4O2. The Morgan fingerprint density at radius 3 is 2.09 bits per heavy atom. The Morgan fingerprint density at radius 1 is 1.00 bits per heavy atom. The lowest BCUT2D eigenvalue weighted by Gasteiger charge is -2.20. The van der Waals surface area contributed by atoms with E-state index in [0.29, 0.717) is 37.6 Å². The van der Waals surface area contributed by atoms with Crippen LogP contribution in [-0.4, -0.2) is 49.9 Å². The summed E-state index contributed by atoms with van der Waals surface area (Å²) in [7, 11) is 1.69. The molecule has 33 heavy (non-hydrogen) atoms. The van der Waals surface area contributed by atoms with Crippen LogP contribution in [-0.2, 0) is 4.74 Å². The van der Waals surface area contributed by atoms with Crippen molar-refractivity contribution in [2.24, 2.45) is 9.98 Å². The second kappa shape index (κ2) is 13.4. The van der Waals surface area contributed by atoms with Gasteiger partial charge in [-0.15, -0.1) is 0 Å². The first kappa shape index (κ1) is 26.1. The number of nitrogens with zero attached hydrogens (tertiary/aromatic N) is 2. The average Bonchev–Trinajstić information content (AvgIpc) is 2.81. The fourth-order valence-electron chi connectivity index (χ4n) is 3.12. The van der Waals surface area contributed by atoms with E-state index in [9.17, 15) is 13.6 Å². The molecule has 0 spiro atoms. The number of ether oxygens (including phenoxy) is 1. The van der Waals surface area contributed by atoms with Crippen LogP contribution in [0.25, 0.3) is 0 Å². The molecule has 0 fully saturated rings. The standard InChI is InChI=1S/C25H32F2N4O2/c1-5-22(15-23(28-4)18-7-11-20(26)12-8-18)30-25(29-17(3)16-33-6-2)31-24(32)19-9-13-21(27)14-10-19/h7-14,17,22H,5-6,15-16H2,1-4H3,(H2,29,30,31,32)/t17-,22?/m0/s1. The van der Waals surface area contributed by atoms with Crippen LogP contribution >= 0.6 is 0 Å². The number of guanidine groups is 1. The normalized spacial score (nSPS) is 14.0. The van der Waals surface area contributed by atoms with Gasteiger partial charge in [-0.05, 0) is 62.2 Å². The number of halogens is 2. The Hall–Kier alpha value is -3.13. The van der Waals surface area contributed by atoms with Crippen molar-refractivity contribution in [3.05, 3.63) is 71.3 Å². The molecule has 2 N–H and O–H groups in total. The van der Waals surface area contributed by atoms with Gasteiger partial charge in [-0.3, -0.25) is 15.1 Å². The number of hydrogen-bond acceptors (Lipinski definition) is 4. The summed E-state index contributed by atoms with van der Waals surface area (Å²) in [6, 6.07) is 11.2. The molecule has 0 bridgehead atoms. The van der Waals surface area contributed by atoms with E-state index in [4.69, 9.17) is 9.73 Å². The van der Waals surface area contributed by atoms with Crippen LogP contribution in [0.1, 0.15) is 49.5 Å². The number of carbonyl (C=O) groups is 1. The maximum absolute atomic E-state index is 13.3. The van der Waals surface area contributed by atoms with Gasteiger partial charge in [0.1, 0.15) is 11.6 Å². The Morgan fingerprint density at radius 2 is 1.58 bits per heavy atom. The van der Waals surface area contributed by atoms with Gasteiger partial charge in [0.2, 0.25) is 0 Å². The summed E-state index contributed by atoms with van der Waals surface area (Å²) in [5.74, 6) is -0.819. The first-order chi connectivity index (χ1) is 15.9. The highest BCUT2D eigenvalue weighted by atomic mass is 19.1. The third-order valence-corrected chi connectivity index (χ3v) is 4.95. The molecule has 6 nitrogen and oxygen atoms in total. The molecule has 0 heterocycles. The first-order valence-corrected chi connectivity index (χ1v) is 11.1. The molecule has 0 saturated carbocycles. The lowest BCUT2D eigenvalue weighted by molar-refractivity contribution is 0.0973. The average molecular weight is 459 g/mol. The second-order valence-corrected chi connectivity index (χ2v) is 7.59. The molecule has 2 aromatic carbocycles. The lowest BCUT2D eigenvalue weighted by atomic mass is 10.0. The van der Waals surface area contributed by atoms with Gasteiger partial charge in [0, 0.05) is 37.4 Å². The van der Waals surface area contributed by atoms with Crippen molar-refractivity contribution in [2.45, 2.75) is 45.7 Å². The predicted octanol–water partition coefficient (Wildman–Crippen LogP) is 4.35. The van der Waals surface area contributed by atoms with Gasteiger partial charge in [-0.2, -0.15) is 0 Å². The van der Waals surface area contributed by atoms with Gasteiger partial charge in [0.25, 0.3) is 5.91 Å². The molecule has 2 aromatic rings. The minimum atomic E-state index is -0.415. The monoisotopic (exact) mass is 458 g/mol. The Labute approximate surface area is 194 Å². The van der Waals surface area contributed by atoms with E-state index in [1.54, 1.807) is 19.2 Å². The summed E-state index contributed by atoms with van der Waals surface area (Å²) in [4.78, 5) is 21.8. The molecule has 2 atom stereocenters. The van der Waals surface area contributed by atoms with Gasteiger partial charge < -0.3 is 10.1 Å². The van der Waals surface area contributed by atoms with Crippen LogP contribution in [0.15, 0.2) is 58.5 Å². The fraction of sp³-hybridized carbons (Fsp3) is 0.400. The van der Waals surface area contributed by atoms with E-state index in [-0.39, 0.29) is 17.9 Å². The van der Waals surface area contributed by atoms with Gasteiger partial charge in [0.05, 0.1) is 12.6 Å². The van der Waals surface area contributed by atoms with Crippen LogP contribution in [0.3, 0.4) is 0 Å². The molecule has 1 unspecified atom stereocenters. The highest BCUT2D eigenvalue weighted by Crippen LogP contribution is 2.13. The van der Waals surface area contributed by atoms with Crippen molar-refractivity contribution in [3.63, 3.8) is 0 Å². The molecule has 8 heteroatoms. The fourth-order valence-corrected chi connectivity index (χ4v) is 3.12. The molecule has 0 aliphatic heterocycles. The molecule has 0 saturated heterocycles. The van der Waals surface area contributed by atoms with Gasteiger partial charge >= 0.3 is 0 Å². The second-order valence-electron chi connectivity index (χ2n) is 7.59. The third-order valence-electron chi connectivity index (χ3n) is 4.95. The first-order valence-electron chi connectivity index (χ1n) is 11.1. The number of nitrogens with one attached hydrogen (secondary N) is 2. The molecule has 0 aliphatic carbocycles. The summed E-state index contributed by atoms with van der Waals surface area (Å²) in [5, 5.41) is 5.99. The zero-order chi connectivity index (χ0) is 24.2. The van der Waals surface area contributed by atoms with Crippen LogP contribution in [0.4, 0.5) is 8.78 Å². The smallest absolute Gasteiger partial charge is 0.257 e. The van der Waals surface area contributed by atoms with E-state index >= 15 is 0 Å². The maximum atomic E-state index is 13.3. The highest BCUT2D eigenvalue weighted by molar-refractivity contribution is 6.06. The third kappa shape index (κ3) is 8.73. The van der Waals surface area contributed by atoms with Gasteiger partial charge in [-0.25, -0.2) is 13.8 Å². The summed E-state index contributed by atoms with van der Waals surface area (Å²) >= 11 is 0. The number of carbonyl (C=O) groups excluding carboxylic acids is 1. The van der Waals surface area contributed by atoms with Crippen LogP contribution in [0.2, 0.25) is 0 Å². The Balaban J connectivity index is 2.23. The Kier molecular flexibility index (Phi) is 10.6. The van der Waals surface area contributed by atoms with Crippen molar-refractivity contribution in [2.75, 3.05) is 20.3 Å². The molecule has 2 rings (SSSR count). The lowest BCUT2D eigenvalue weighted by Crippen LogP contribution is -2.47. The summed E-state index contributed by atoms with van der Waals surface area (Å²) in [6.45, 7) is 6.84. The molecule has 0 aliphatic rings. The van der Waals surface area contributed by atoms with E-state index in [0.717, 1.165) is 11.3 Å². The van der Waals surface area contributed by atoms with E-state index in [1.807, 2.05) is 20.8 Å². The zero-order valence-corrected chi connectivity index (χ0v) is 19.6. The van der Waals surface area contributed by atoms with E-state index in [2.05, 4.69) is 15.6 Å². The molecule has 1 amide bonds. The molecule has 0 radical (unpaired) electrons. The number of aliphatic imine (C=N–C) groups is 2. The number of rotatable bonds is 10. The number of hydrogen-bond donors (Lipinski definition) is 2. The van der Waals surface area contributed by atoms with E-state index < -0.39 is 11.7 Å². The minimum Gasteiger partial charge on any atom is -0.380 e. The van der Waals surface area contributed by atoms with Crippen molar-refractivity contribution in [3.8, 4) is 0 Å². The zero-order valence-electron chi connectivity index (χ0n) is 19.6. The van der Waals surface area contributed by atoms with Crippen molar-refractivity contribution >= 4 is 17.6 Å². The molecule has 0 aromatic heterocycles. The molecule has 178 valence electrons. The highest BCUT2D eigenvalue weighted by Gasteiger charge is 2.16. The summed E-state index contributed by atoms with van der Waals surface area (Å²) < 4.78 is 32.0. The van der Waals surface area contributed by atoms with Crippen LogP contribution < -0.4 is 10.6 Å². The van der Waals surface area contributed by atoms with Crippen molar-refractivity contribution in [1.82, 2.24) is 10.6 Å². The largest absolute Gasteiger partial charge is 0.380 e. The van der Waals surface area contributed by atoms with Crippen molar-refractivity contribution < 1.29 is 18.3 Å². The number of benzene rings is 2. The van der Waals surface area contributed by atoms with Crippen molar-refractivity contribution in [1.29, 1.82) is 0 Å². The summed E-state index contributed by atoms with van der Waals surface area (Å²) in [5.41, 5.74) is 1.93. The van der Waals surface area contributed by atoms with Crippen LogP contribution in [0.5, 0.6) is 0 Å². The topological polar surface area (TPSA) is 75.1 Å². The Bertz CT molecular complexity index is 944. The quantitative estimate of drug-likeness (QED) is 0.411.